The molecule has 0 aliphatic carbocycles. The summed E-state index contributed by atoms with van der Waals surface area (Å²) in [7, 11) is 0. The summed E-state index contributed by atoms with van der Waals surface area (Å²) in [5.74, 6) is 1.08. The Kier molecular flexibility index (Phi) is 7.56. The molecule has 0 aliphatic heterocycles. The molecule has 0 unspecified atom stereocenters. The van der Waals surface area contributed by atoms with E-state index in [4.69, 9.17) is 9.47 Å². The van der Waals surface area contributed by atoms with Crippen molar-refractivity contribution in [3.05, 3.63) is 24.3 Å². The molecule has 0 aliphatic rings. The van der Waals surface area contributed by atoms with E-state index in [0.717, 1.165) is 17.9 Å². The van der Waals surface area contributed by atoms with Crippen LogP contribution in [-0.2, 0) is 9.53 Å². The third kappa shape index (κ3) is 6.61. The molecule has 0 radical (unpaired) electrons. The molecule has 130 valence electrons. The number of carbonyl (C=O) groups excluding carboxylic acids is 1. The molecule has 0 saturated heterocycles. The van der Waals surface area contributed by atoms with E-state index in [-0.39, 0.29) is 12.0 Å². The van der Waals surface area contributed by atoms with E-state index in [9.17, 15) is 4.79 Å². The quantitative estimate of drug-likeness (QED) is 0.720. The molecule has 23 heavy (non-hydrogen) atoms. The first-order valence-electron chi connectivity index (χ1n) is 8.49. The zero-order valence-electron chi connectivity index (χ0n) is 15.3. The van der Waals surface area contributed by atoms with Crippen LogP contribution in [0.3, 0.4) is 0 Å². The number of hydrogen-bond donors (Lipinski definition) is 1. The molecule has 4 heteroatoms. The first-order chi connectivity index (χ1) is 10.8. The van der Waals surface area contributed by atoms with Crippen molar-refractivity contribution in [2.45, 2.75) is 66.1 Å². The highest BCUT2D eigenvalue weighted by atomic mass is 16.5. The molecule has 0 aromatic heterocycles. The summed E-state index contributed by atoms with van der Waals surface area (Å²) in [5.41, 5.74) is -0.0572. The van der Waals surface area contributed by atoms with Gasteiger partial charge in [0.15, 0.2) is 0 Å². The number of nitrogens with one attached hydrogen (secondary N) is 1. The number of benzene rings is 1. The Balaban J connectivity index is 2.77. The smallest absolute Gasteiger partial charge is 0.256 e. The van der Waals surface area contributed by atoms with Crippen LogP contribution in [-0.4, -0.2) is 24.2 Å². The second kappa shape index (κ2) is 8.92. The van der Waals surface area contributed by atoms with Gasteiger partial charge in [-0.25, -0.2) is 0 Å². The second-order valence-electron chi connectivity index (χ2n) is 6.82. The molecule has 1 amide bonds. The van der Waals surface area contributed by atoms with Crippen molar-refractivity contribution in [1.82, 2.24) is 0 Å². The van der Waals surface area contributed by atoms with E-state index in [1.165, 1.54) is 0 Å². The minimum atomic E-state index is -0.808. The predicted molar refractivity (Wildman–Crippen MR) is 94.9 cm³/mol. The van der Waals surface area contributed by atoms with E-state index < -0.39 is 5.60 Å². The van der Waals surface area contributed by atoms with Crippen molar-refractivity contribution in [2.24, 2.45) is 5.92 Å². The van der Waals surface area contributed by atoms with Crippen LogP contribution in [0.4, 0.5) is 5.69 Å². The molecule has 0 saturated carbocycles. The topological polar surface area (TPSA) is 47.6 Å². The fraction of sp³-hybridized carbons (Fsp3) is 0.632. The van der Waals surface area contributed by atoms with Gasteiger partial charge in [-0.15, -0.1) is 0 Å². The van der Waals surface area contributed by atoms with Crippen LogP contribution in [0.2, 0.25) is 0 Å². The highest BCUT2D eigenvalue weighted by Gasteiger charge is 2.34. The Hall–Kier alpha value is -1.55. The van der Waals surface area contributed by atoms with Crippen molar-refractivity contribution < 1.29 is 14.3 Å². The van der Waals surface area contributed by atoms with Crippen LogP contribution in [0.25, 0.3) is 0 Å². The van der Waals surface area contributed by atoms with Gasteiger partial charge in [0.1, 0.15) is 11.4 Å². The van der Waals surface area contributed by atoms with Gasteiger partial charge in [0.05, 0.1) is 6.10 Å². The van der Waals surface area contributed by atoms with Gasteiger partial charge in [0.2, 0.25) is 0 Å². The molecule has 1 atom stereocenters. The first-order valence-corrected chi connectivity index (χ1v) is 8.49. The highest BCUT2D eigenvalue weighted by molar-refractivity contribution is 5.97. The van der Waals surface area contributed by atoms with E-state index in [1.807, 2.05) is 52.0 Å². The third-order valence-electron chi connectivity index (χ3n) is 3.39. The second-order valence-corrected chi connectivity index (χ2v) is 6.82. The lowest BCUT2D eigenvalue weighted by Gasteiger charge is -2.30. The molecular weight excluding hydrogens is 290 g/mol. The number of rotatable bonds is 9. The predicted octanol–water partition coefficient (Wildman–Crippen LogP) is 4.64. The summed E-state index contributed by atoms with van der Waals surface area (Å²) < 4.78 is 11.5. The number of hydrogen-bond acceptors (Lipinski definition) is 3. The maximum Gasteiger partial charge on any atom is 0.256 e. The zero-order valence-corrected chi connectivity index (χ0v) is 15.3. The van der Waals surface area contributed by atoms with E-state index in [1.54, 1.807) is 0 Å². The number of anilines is 1. The summed E-state index contributed by atoms with van der Waals surface area (Å²) in [6.07, 6.45) is 1.71. The van der Waals surface area contributed by atoms with Crippen molar-refractivity contribution in [1.29, 1.82) is 0 Å². The van der Waals surface area contributed by atoms with Crippen LogP contribution in [0.5, 0.6) is 5.75 Å². The largest absolute Gasteiger partial charge is 0.491 e. The molecule has 0 bridgehead atoms. The Labute approximate surface area is 140 Å². The van der Waals surface area contributed by atoms with Crippen LogP contribution < -0.4 is 10.1 Å². The highest BCUT2D eigenvalue weighted by Crippen LogP contribution is 2.24. The van der Waals surface area contributed by atoms with Gasteiger partial charge in [-0.1, -0.05) is 20.8 Å². The van der Waals surface area contributed by atoms with Gasteiger partial charge in [0.25, 0.3) is 5.91 Å². The minimum absolute atomic E-state index is 0.0998. The van der Waals surface area contributed by atoms with E-state index in [0.29, 0.717) is 18.9 Å². The summed E-state index contributed by atoms with van der Waals surface area (Å²) in [5, 5.41) is 2.96. The van der Waals surface area contributed by atoms with E-state index in [2.05, 4.69) is 19.2 Å². The minimum Gasteiger partial charge on any atom is -0.491 e. The number of amides is 1. The fourth-order valence-electron chi connectivity index (χ4n) is 2.48. The summed E-state index contributed by atoms with van der Waals surface area (Å²) in [4.78, 5) is 12.7. The lowest BCUT2D eigenvalue weighted by Crippen LogP contribution is -2.44. The monoisotopic (exact) mass is 321 g/mol. The van der Waals surface area contributed by atoms with Gasteiger partial charge in [-0.3, -0.25) is 4.79 Å². The molecule has 0 spiro atoms. The van der Waals surface area contributed by atoms with Crippen LogP contribution in [0.15, 0.2) is 24.3 Å². The summed E-state index contributed by atoms with van der Waals surface area (Å²) in [6, 6.07) is 7.43. The molecular formula is C19H31NO3. The van der Waals surface area contributed by atoms with Crippen molar-refractivity contribution in [3.8, 4) is 5.75 Å². The maximum atomic E-state index is 12.7. The molecule has 1 N–H and O–H groups in total. The van der Waals surface area contributed by atoms with Crippen molar-refractivity contribution >= 4 is 11.6 Å². The van der Waals surface area contributed by atoms with Crippen molar-refractivity contribution in [2.75, 3.05) is 11.9 Å². The van der Waals surface area contributed by atoms with Gasteiger partial charge in [-0.2, -0.15) is 0 Å². The third-order valence-corrected chi connectivity index (χ3v) is 3.39. The SMILES string of the molecule is CCCO[C@](C)(CC(C)C)C(=O)Nc1ccc(OC(C)C)cc1. The fourth-order valence-corrected chi connectivity index (χ4v) is 2.48. The molecule has 1 rings (SSSR count). The van der Waals surface area contributed by atoms with Gasteiger partial charge in [0, 0.05) is 12.3 Å². The van der Waals surface area contributed by atoms with Crippen LogP contribution in [0.1, 0.15) is 54.4 Å². The Morgan fingerprint density at radius 3 is 2.26 bits per heavy atom. The Morgan fingerprint density at radius 1 is 1.17 bits per heavy atom. The van der Waals surface area contributed by atoms with Crippen molar-refractivity contribution in [3.63, 3.8) is 0 Å². The average Bonchev–Trinajstić information content (AvgIpc) is 2.46. The average molecular weight is 321 g/mol. The zero-order chi connectivity index (χ0) is 17.5. The number of carbonyl (C=O) groups is 1. The normalized spacial score (nSPS) is 13.9. The molecule has 0 heterocycles. The lowest BCUT2D eigenvalue weighted by molar-refractivity contribution is -0.141. The van der Waals surface area contributed by atoms with Crippen LogP contribution >= 0.6 is 0 Å². The summed E-state index contributed by atoms with van der Waals surface area (Å²) in [6.45, 7) is 12.7. The van der Waals surface area contributed by atoms with Gasteiger partial charge in [-0.05, 0) is 63.8 Å². The Morgan fingerprint density at radius 2 is 1.78 bits per heavy atom. The lowest BCUT2D eigenvalue weighted by atomic mass is 9.93. The Bertz CT molecular complexity index is 482. The molecule has 1 aromatic carbocycles. The molecule has 4 nitrogen and oxygen atoms in total. The maximum absolute atomic E-state index is 12.7. The first kappa shape index (κ1) is 19.5. The van der Waals surface area contributed by atoms with Gasteiger partial charge < -0.3 is 14.8 Å². The van der Waals surface area contributed by atoms with Crippen LogP contribution in [0, 0.1) is 5.92 Å². The van der Waals surface area contributed by atoms with Gasteiger partial charge >= 0.3 is 0 Å². The standard InChI is InChI=1S/C19H31NO3/c1-7-12-22-19(6,13-14(2)3)18(21)20-16-8-10-17(11-9-16)23-15(4)5/h8-11,14-15H,7,12-13H2,1-6H3,(H,20,21)/t19-/m1/s1. The molecule has 0 fully saturated rings. The molecule has 1 aromatic rings. The summed E-state index contributed by atoms with van der Waals surface area (Å²) >= 11 is 0. The van der Waals surface area contributed by atoms with E-state index >= 15 is 0 Å². The number of ether oxygens (including phenoxy) is 2.